The quantitative estimate of drug-likeness (QED) is 0.668. The van der Waals surface area contributed by atoms with Crippen LogP contribution in [-0.2, 0) is 0 Å². The molecule has 0 radical (unpaired) electrons. The summed E-state index contributed by atoms with van der Waals surface area (Å²) in [6, 6.07) is 11.8. The minimum absolute atomic E-state index is 0.0949. The second-order valence-electron chi connectivity index (χ2n) is 6.93. The summed E-state index contributed by atoms with van der Waals surface area (Å²) in [5, 5.41) is 9.93. The average molecular weight is 365 g/mol. The number of phenols is 1. The Labute approximate surface area is 157 Å². The van der Waals surface area contributed by atoms with Gasteiger partial charge in [-0.3, -0.25) is 4.79 Å². The van der Waals surface area contributed by atoms with E-state index in [4.69, 9.17) is 9.15 Å². The van der Waals surface area contributed by atoms with Gasteiger partial charge < -0.3 is 19.2 Å². The van der Waals surface area contributed by atoms with Crippen LogP contribution < -0.4 is 10.2 Å². The summed E-state index contributed by atoms with van der Waals surface area (Å²) in [5.41, 5.74) is 1.61. The van der Waals surface area contributed by atoms with E-state index in [0.717, 1.165) is 13.0 Å². The van der Waals surface area contributed by atoms with Crippen LogP contribution in [0, 0.1) is 0 Å². The lowest BCUT2D eigenvalue weighted by molar-refractivity contribution is 0.263. The Morgan fingerprint density at radius 1 is 1.07 bits per heavy atom. The van der Waals surface area contributed by atoms with Crippen molar-refractivity contribution < 1.29 is 14.3 Å². The van der Waals surface area contributed by atoms with Crippen molar-refractivity contribution in [1.82, 2.24) is 4.90 Å². The van der Waals surface area contributed by atoms with E-state index in [1.807, 2.05) is 6.07 Å². The summed E-state index contributed by atoms with van der Waals surface area (Å²) >= 11 is 0. The molecule has 1 N–H and O–H groups in total. The highest BCUT2D eigenvalue weighted by atomic mass is 16.5. The fourth-order valence-corrected chi connectivity index (χ4v) is 3.52. The Hall–Kier alpha value is -2.79. The second kappa shape index (κ2) is 7.84. The van der Waals surface area contributed by atoms with Crippen molar-refractivity contribution in [2.75, 3.05) is 26.2 Å². The number of benzene rings is 2. The zero-order valence-electron chi connectivity index (χ0n) is 15.2. The first-order chi connectivity index (χ1) is 13.2. The zero-order valence-corrected chi connectivity index (χ0v) is 15.2. The molecule has 1 aliphatic rings. The highest BCUT2D eigenvalue weighted by molar-refractivity contribution is 5.82. The number of phenolic OH excluding ortho intramolecular Hbond substituents is 1. The lowest BCUT2D eigenvalue weighted by Crippen LogP contribution is -2.21. The molecule has 4 rings (SSSR count). The molecule has 2 heterocycles. The van der Waals surface area contributed by atoms with Crippen LogP contribution >= 0.6 is 0 Å². The van der Waals surface area contributed by atoms with Crippen LogP contribution in [-0.4, -0.2) is 36.2 Å². The average Bonchev–Trinajstić information content (AvgIpc) is 3.20. The Morgan fingerprint density at radius 2 is 1.85 bits per heavy atom. The summed E-state index contributed by atoms with van der Waals surface area (Å²) in [5.74, 6) is 0.875. The molecule has 1 saturated heterocycles. The molecule has 3 aromatic rings. The van der Waals surface area contributed by atoms with Crippen LogP contribution in [0.15, 0.2) is 57.9 Å². The fourth-order valence-electron chi connectivity index (χ4n) is 3.52. The predicted molar refractivity (Wildman–Crippen MR) is 105 cm³/mol. The summed E-state index contributed by atoms with van der Waals surface area (Å²) < 4.78 is 11.5. The van der Waals surface area contributed by atoms with Gasteiger partial charge in [0.15, 0.2) is 5.43 Å². The monoisotopic (exact) mass is 365 g/mol. The molecule has 0 amide bonds. The third-order valence-corrected chi connectivity index (χ3v) is 5.01. The minimum Gasteiger partial charge on any atom is -0.508 e. The van der Waals surface area contributed by atoms with E-state index < -0.39 is 0 Å². The first-order valence-corrected chi connectivity index (χ1v) is 9.41. The third kappa shape index (κ3) is 3.98. The lowest BCUT2D eigenvalue weighted by Gasteiger charge is -2.14. The summed E-state index contributed by atoms with van der Waals surface area (Å²) in [6.45, 7) is 4.12. The highest BCUT2D eigenvalue weighted by Crippen LogP contribution is 2.24. The normalized spacial score (nSPS) is 14.7. The second-order valence-corrected chi connectivity index (χ2v) is 6.93. The molecule has 0 unspecified atom stereocenters. The van der Waals surface area contributed by atoms with Crippen molar-refractivity contribution >= 4 is 11.0 Å². The molecule has 0 saturated carbocycles. The van der Waals surface area contributed by atoms with Gasteiger partial charge in [0.1, 0.15) is 23.3 Å². The molecule has 1 aliphatic heterocycles. The summed E-state index contributed by atoms with van der Waals surface area (Å²) in [6.07, 6.45) is 5.06. The van der Waals surface area contributed by atoms with Gasteiger partial charge in [0.2, 0.25) is 0 Å². The molecule has 5 heteroatoms. The van der Waals surface area contributed by atoms with E-state index in [0.29, 0.717) is 34.5 Å². The third-order valence-electron chi connectivity index (χ3n) is 5.01. The van der Waals surface area contributed by atoms with Crippen LogP contribution in [0.25, 0.3) is 22.1 Å². The molecule has 2 aromatic carbocycles. The maximum Gasteiger partial charge on any atom is 0.200 e. The van der Waals surface area contributed by atoms with Crippen molar-refractivity contribution in [2.45, 2.75) is 19.3 Å². The largest absolute Gasteiger partial charge is 0.508 e. The van der Waals surface area contributed by atoms with Gasteiger partial charge in [-0.2, -0.15) is 0 Å². The highest BCUT2D eigenvalue weighted by Gasteiger charge is 2.12. The Balaban J connectivity index is 1.47. The fraction of sp³-hybridized carbons (Fsp3) is 0.318. The van der Waals surface area contributed by atoms with Gasteiger partial charge in [0.25, 0.3) is 0 Å². The first kappa shape index (κ1) is 17.6. The van der Waals surface area contributed by atoms with Crippen molar-refractivity contribution in [3.63, 3.8) is 0 Å². The van der Waals surface area contributed by atoms with Gasteiger partial charge in [-0.25, -0.2) is 0 Å². The van der Waals surface area contributed by atoms with E-state index in [9.17, 15) is 9.90 Å². The Morgan fingerprint density at radius 3 is 2.63 bits per heavy atom. The maximum atomic E-state index is 12.8. The Kier molecular flexibility index (Phi) is 5.12. The molecule has 0 spiro atoms. The molecule has 1 fully saturated rings. The van der Waals surface area contributed by atoms with Crippen molar-refractivity contribution in [3.8, 4) is 22.6 Å². The molecule has 27 heavy (non-hydrogen) atoms. The number of aromatic hydroxyl groups is 1. The molecule has 1 aromatic heterocycles. The molecular weight excluding hydrogens is 342 g/mol. The zero-order chi connectivity index (χ0) is 18.6. The lowest BCUT2D eigenvalue weighted by atomic mass is 10.1. The van der Waals surface area contributed by atoms with Crippen molar-refractivity contribution in [2.24, 2.45) is 0 Å². The van der Waals surface area contributed by atoms with Crippen LogP contribution in [0.3, 0.4) is 0 Å². The Bertz CT molecular complexity index is 972. The molecule has 5 nitrogen and oxygen atoms in total. The van der Waals surface area contributed by atoms with Crippen LogP contribution in [0.2, 0.25) is 0 Å². The number of rotatable bonds is 6. The van der Waals surface area contributed by atoms with Gasteiger partial charge >= 0.3 is 0 Å². The van der Waals surface area contributed by atoms with Gasteiger partial charge in [0.05, 0.1) is 17.6 Å². The number of hydrogen-bond donors (Lipinski definition) is 1. The SMILES string of the molecule is O=c1c(-c2ccc(O)cc2)coc2cc(OCCCN3CCCC3)ccc12. The molecule has 0 atom stereocenters. The number of hydrogen-bond acceptors (Lipinski definition) is 5. The summed E-state index contributed by atoms with van der Waals surface area (Å²) in [7, 11) is 0. The topological polar surface area (TPSA) is 62.9 Å². The summed E-state index contributed by atoms with van der Waals surface area (Å²) in [4.78, 5) is 15.2. The van der Waals surface area contributed by atoms with Crippen LogP contribution in [0.1, 0.15) is 19.3 Å². The van der Waals surface area contributed by atoms with E-state index in [1.165, 1.54) is 32.2 Å². The molecule has 0 bridgehead atoms. The molecule has 0 aliphatic carbocycles. The van der Waals surface area contributed by atoms with E-state index in [1.54, 1.807) is 36.4 Å². The smallest absolute Gasteiger partial charge is 0.200 e. The molecular formula is C22H23NO4. The van der Waals surface area contributed by atoms with E-state index >= 15 is 0 Å². The van der Waals surface area contributed by atoms with Gasteiger partial charge in [-0.05, 0) is 62.2 Å². The number of ether oxygens (including phenoxy) is 1. The molecule has 140 valence electrons. The van der Waals surface area contributed by atoms with E-state index in [-0.39, 0.29) is 11.2 Å². The van der Waals surface area contributed by atoms with Crippen LogP contribution in [0.5, 0.6) is 11.5 Å². The standard InChI is InChI=1S/C22H23NO4/c24-17-6-4-16(5-7-17)20-15-27-21-14-18(8-9-19(21)22(20)25)26-13-3-12-23-10-1-2-11-23/h4-9,14-15,24H,1-3,10-13H2. The van der Waals surface area contributed by atoms with Crippen LogP contribution in [0.4, 0.5) is 0 Å². The number of fused-ring (bicyclic) bond motifs is 1. The maximum absolute atomic E-state index is 12.8. The number of nitrogens with zero attached hydrogens (tertiary/aromatic N) is 1. The predicted octanol–water partition coefficient (Wildman–Crippen LogP) is 4.03. The van der Waals surface area contributed by atoms with Crippen molar-refractivity contribution in [1.29, 1.82) is 0 Å². The minimum atomic E-state index is -0.0949. The first-order valence-electron chi connectivity index (χ1n) is 9.41. The van der Waals surface area contributed by atoms with Gasteiger partial charge in [-0.1, -0.05) is 12.1 Å². The number of likely N-dealkylation sites (tertiary alicyclic amines) is 1. The van der Waals surface area contributed by atoms with Gasteiger partial charge in [-0.15, -0.1) is 0 Å². The van der Waals surface area contributed by atoms with E-state index in [2.05, 4.69) is 4.90 Å². The van der Waals surface area contributed by atoms with Gasteiger partial charge in [0, 0.05) is 12.6 Å². The van der Waals surface area contributed by atoms with Crippen molar-refractivity contribution in [3.05, 3.63) is 59.0 Å².